The van der Waals surface area contributed by atoms with E-state index in [1.54, 1.807) is 42.5 Å². The first-order valence-corrected chi connectivity index (χ1v) is 9.98. The van der Waals surface area contributed by atoms with Gasteiger partial charge in [0.2, 0.25) is 12.6 Å². The highest BCUT2D eigenvalue weighted by molar-refractivity contribution is 8.26. The molecule has 0 spiro atoms. The van der Waals surface area contributed by atoms with Crippen LogP contribution in [0.1, 0.15) is 15.9 Å². The number of ketones is 1. The molecular weight excluding hydrogens is 426 g/mol. The minimum atomic E-state index is -0.826. The van der Waals surface area contributed by atoms with Crippen molar-refractivity contribution < 1.29 is 28.6 Å². The summed E-state index contributed by atoms with van der Waals surface area (Å²) in [6, 6.07) is 11.7. The number of benzene rings is 2. The zero-order chi connectivity index (χ0) is 20.8. The quantitative estimate of drug-likeness (QED) is 0.233. The molecule has 0 saturated carbocycles. The van der Waals surface area contributed by atoms with E-state index < -0.39 is 17.7 Å². The first-order chi connectivity index (χ1) is 14.5. The molecule has 0 radical (unpaired) electrons. The van der Waals surface area contributed by atoms with Crippen LogP contribution in [0.4, 0.5) is 0 Å². The fourth-order valence-corrected chi connectivity index (χ4v) is 4.33. The molecule has 1 fully saturated rings. The van der Waals surface area contributed by atoms with Crippen molar-refractivity contribution in [2.75, 3.05) is 6.79 Å². The fraction of sp³-hybridized carbons (Fsp3) is 0.0476. The Kier molecular flexibility index (Phi) is 4.41. The number of rotatable bonds is 2. The molecule has 3 heterocycles. The van der Waals surface area contributed by atoms with E-state index in [0.29, 0.717) is 16.4 Å². The Morgan fingerprint density at radius 3 is 2.67 bits per heavy atom. The molecule has 148 valence electrons. The SMILES string of the molecule is O=C1Oc2ccccc2C(=O)/C1=C/N1C(=O)C(=Cc2ccc3c(c2)OCO3)SC1=S. The summed E-state index contributed by atoms with van der Waals surface area (Å²) in [6.07, 6.45) is 2.81. The first kappa shape index (κ1) is 18.6. The number of thiocarbonyl (C=S) groups is 1. The Labute approximate surface area is 179 Å². The Balaban J connectivity index is 1.45. The maximum absolute atomic E-state index is 12.9. The number of amides is 1. The summed E-state index contributed by atoms with van der Waals surface area (Å²) in [5.41, 5.74) is 0.730. The normalized spacial score (nSPS) is 20.2. The second-order valence-corrected chi connectivity index (χ2v) is 8.10. The fourth-order valence-electron chi connectivity index (χ4n) is 3.12. The molecule has 3 aliphatic heterocycles. The second-order valence-electron chi connectivity index (χ2n) is 6.42. The summed E-state index contributed by atoms with van der Waals surface area (Å²) in [7, 11) is 0. The lowest BCUT2D eigenvalue weighted by Gasteiger charge is -2.18. The molecule has 7 nitrogen and oxygen atoms in total. The molecule has 0 aromatic heterocycles. The number of hydrogen-bond donors (Lipinski definition) is 0. The van der Waals surface area contributed by atoms with E-state index in [1.165, 1.54) is 6.07 Å². The largest absolute Gasteiger partial charge is 0.454 e. The molecule has 9 heteroatoms. The van der Waals surface area contributed by atoms with Crippen LogP contribution in [0.25, 0.3) is 6.08 Å². The van der Waals surface area contributed by atoms with Crippen molar-refractivity contribution in [2.24, 2.45) is 0 Å². The second kappa shape index (κ2) is 7.12. The van der Waals surface area contributed by atoms with Crippen molar-refractivity contribution in [3.05, 3.63) is 70.3 Å². The van der Waals surface area contributed by atoms with Crippen molar-refractivity contribution in [3.63, 3.8) is 0 Å². The van der Waals surface area contributed by atoms with E-state index in [1.807, 2.05) is 0 Å². The van der Waals surface area contributed by atoms with Crippen LogP contribution in [0.15, 0.2) is 59.1 Å². The third-order valence-electron chi connectivity index (χ3n) is 4.58. The molecule has 1 amide bonds. The monoisotopic (exact) mass is 437 g/mol. The molecule has 0 atom stereocenters. The molecule has 0 N–H and O–H groups in total. The van der Waals surface area contributed by atoms with E-state index in [-0.39, 0.29) is 28.0 Å². The van der Waals surface area contributed by atoms with E-state index in [9.17, 15) is 14.4 Å². The van der Waals surface area contributed by atoms with Gasteiger partial charge in [0.05, 0.1) is 10.5 Å². The summed E-state index contributed by atoms with van der Waals surface area (Å²) < 4.78 is 16.0. The Bertz CT molecular complexity index is 1220. The third-order valence-corrected chi connectivity index (χ3v) is 5.91. The van der Waals surface area contributed by atoms with Crippen LogP contribution in [0.5, 0.6) is 17.2 Å². The van der Waals surface area contributed by atoms with Crippen molar-refractivity contribution in [3.8, 4) is 17.2 Å². The van der Waals surface area contributed by atoms with Gasteiger partial charge in [0.25, 0.3) is 5.91 Å². The number of carbonyl (C=O) groups excluding carboxylic acids is 3. The molecule has 1 saturated heterocycles. The predicted octanol–water partition coefficient (Wildman–Crippen LogP) is 3.30. The molecule has 0 bridgehead atoms. The number of ether oxygens (including phenoxy) is 3. The lowest BCUT2D eigenvalue weighted by Crippen LogP contribution is -2.30. The van der Waals surface area contributed by atoms with Gasteiger partial charge in [-0.05, 0) is 35.9 Å². The van der Waals surface area contributed by atoms with Gasteiger partial charge in [-0.3, -0.25) is 14.5 Å². The van der Waals surface area contributed by atoms with E-state index in [4.69, 9.17) is 26.4 Å². The lowest BCUT2D eigenvalue weighted by atomic mass is 10.0. The third kappa shape index (κ3) is 3.08. The van der Waals surface area contributed by atoms with Crippen molar-refractivity contribution >= 4 is 52.0 Å². The molecular formula is C21H11NO6S2. The number of esters is 1. The highest BCUT2D eigenvalue weighted by atomic mass is 32.2. The average Bonchev–Trinajstić information content (AvgIpc) is 3.30. The number of Topliss-reactive ketones (excluding diaryl/α,β-unsaturated/α-hetero) is 1. The Hall–Kier alpha value is -3.43. The minimum absolute atomic E-state index is 0.154. The van der Waals surface area contributed by atoms with E-state index >= 15 is 0 Å². The summed E-state index contributed by atoms with van der Waals surface area (Å²) in [5, 5.41) is 0. The predicted molar refractivity (Wildman–Crippen MR) is 112 cm³/mol. The van der Waals surface area contributed by atoms with Crippen molar-refractivity contribution in [1.82, 2.24) is 4.90 Å². The number of carbonyl (C=O) groups is 3. The number of thioether (sulfide) groups is 1. The molecule has 5 rings (SSSR count). The van der Waals surface area contributed by atoms with Gasteiger partial charge in [-0.2, -0.15) is 0 Å². The number of para-hydroxylation sites is 1. The highest BCUT2D eigenvalue weighted by Crippen LogP contribution is 2.37. The van der Waals surface area contributed by atoms with Crippen LogP contribution in [-0.2, 0) is 9.59 Å². The topological polar surface area (TPSA) is 82.1 Å². The van der Waals surface area contributed by atoms with E-state index in [0.717, 1.165) is 28.4 Å². The summed E-state index contributed by atoms with van der Waals surface area (Å²) in [4.78, 5) is 39.4. The summed E-state index contributed by atoms with van der Waals surface area (Å²) in [5.74, 6) is -0.356. The summed E-state index contributed by atoms with van der Waals surface area (Å²) >= 11 is 6.36. The van der Waals surface area contributed by atoms with Gasteiger partial charge < -0.3 is 14.2 Å². The first-order valence-electron chi connectivity index (χ1n) is 8.76. The van der Waals surface area contributed by atoms with Crippen LogP contribution < -0.4 is 14.2 Å². The minimum Gasteiger partial charge on any atom is -0.454 e. The molecule has 0 aliphatic carbocycles. The Morgan fingerprint density at radius 1 is 1.00 bits per heavy atom. The van der Waals surface area contributed by atoms with Crippen molar-refractivity contribution in [1.29, 1.82) is 0 Å². The summed E-state index contributed by atoms with van der Waals surface area (Å²) in [6.45, 7) is 0.154. The Morgan fingerprint density at radius 2 is 1.80 bits per heavy atom. The van der Waals surface area contributed by atoms with Crippen LogP contribution in [0, 0.1) is 0 Å². The number of hydrogen-bond acceptors (Lipinski definition) is 8. The van der Waals surface area contributed by atoms with Gasteiger partial charge >= 0.3 is 5.97 Å². The highest BCUT2D eigenvalue weighted by Gasteiger charge is 2.36. The van der Waals surface area contributed by atoms with E-state index in [2.05, 4.69) is 0 Å². The maximum atomic E-state index is 12.9. The van der Waals surface area contributed by atoms with Gasteiger partial charge in [-0.1, -0.05) is 42.2 Å². The standard InChI is InChI=1S/C21H11NO6S2/c23-18-12-3-1-2-4-14(12)28-20(25)13(18)9-22-19(24)17(30-21(22)29)8-11-5-6-15-16(7-11)27-10-26-15/h1-9H,10H2/b13-9-,17-8?. The smallest absolute Gasteiger partial charge is 0.349 e. The number of nitrogens with zero attached hydrogens (tertiary/aromatic N) is 1. The van der Waals surface area contributed by atoms with Gasteiger partial charge in [0, 0.05) is 6.20 Å². The van der Waals surface area contributed by atoms with Gasteiger partial charge in [-0.25, -0.2) is 4.79 Å². The lowest BCUT2D eigenvalue weighted by molar-refractivity contribution is -0.130. The molecule has 2 aromatic carbocycles. The zero-order valence-corrected chi connectivity index (χ0v) is 16.7. The van der Waals surface area contributed by atoms with Crippen LogP contribution in [0.3, 0.4) is 0 Å². The molecule has 0 unspecified atom stereocenters. The van der Waals surface area contributed by atoms with Crippen LogP contribution in [0.2, 0.25) is 0 Å². The molecule has 3 aliphatic rings. The average molecular weight is 437 g/mol. The molecule has 30 heavy (non-hydrogen) atoms. The van der Waals surface area contributed by atoms with Crippen LogP contribution in [-0.4, -0.2) is 33.7 Å². The van der Waals surface area contributed by atoms with Gasteiger partial charge in [0.15, 0.2) is 15.8 Å². The maximum Gasteiger partial charge on any atom is 0.349 e. The molecule has 2 aromatic rings. The van der Waals surface area contributed by atoms with Gasteiger partial charge in [-0.15, -0.1) is 0 Å². The van der Waals surface area contributed by atoms with Crippen molar-refractivity contribution in [2.45, 2.75) is 0 Å². The van der Waals surface area contributed by atoms with Crippen LogP contribution >= 0.6 is 24.0 Å². The zero-order valence-electron chi connectivity index (χ0n) is 15.1. The number of fused-ring (bicyclic) bond motifs is 2. The van der Waals surface area contributed by atoms with Gasteiger partial charge in [0.1, 0.15) is 11.3 Å².